The molecule has 0 aliphatic rings. The van der Waals surface area contributed by atoms with Crippen LogP contribution < -0.4 is 0 Å². The normalized spacial score (nSPS) is 10.9. The molecule has 0 aliphatic heterocycles. The molecule has 0 atom stereocenters. The van der Waals surface area contributed by atoms with Gasteiger partial charge in [0.2, 0.25) is 0 Å². The molecule has 0 aliphatic carbocycles. The minimum absolute atomic E-state index is 0. The maximum atomic E-state index is 4.56. The molecule has 2 aromatic carbocycles. The molecule has 2 heteroatoms. The van der Waals surface area contributed by atoms with Gasteiger partial charge in [0.15, 0.2) is 0 Å². The van der Waals surface area contributed by atoms with Crippen LogP contribution in [0.1, 0.15) is 26.3 Å². The third kappa shape index (κ3) is 4.16. The summed E-state index contributed by atoms with van der Waals surface area (Å²) < 4.78 is 0. The number of nitrogens with zero attached hydrogens (tertiary/aromatic N) is 1. The summed E-state index contributed by atoms with van der Waals surface area (Å²) in [5, 5.41) is 0. The summed E-state index contributed by atoms with van der Waals surface area (Å²) in [6.45, 7) is 6.69. The van der Waals surface area contributed by atoms with Crippen molar-refractivity contribution in [3.63, 3.8) is 0 Å². The van der Waals surface area contributed by atoms with Crippen molar-refractivity contribution < 1.29 is 20.1 Å². The van der Waals surface area contributed by atoms with Gasteiger partial charge in [0.25, 0.3) is 0 Å². The number of benzene rings is 2. The van der Waals surface area contributed by atoms with Gasteiger partial charge in [0, 0.05) is 31.9 Å². The van der Waals surface area contributed by atoms with Crippen LogP contribution in [-0.2, 0) is 25.5 Å². The third-order valence-corrected chi connectivity index (χ3v) is 3.89. The van der Waals surface area contributed by atoms with E-state index in [1.807, 2.05) is 12.3 Å². The second-order valence-electron chi connectivity index (χ2n) is 6.63. The van der Waals surface area contributed by atoms with Crippen molar-refractivity contribution in [3.8, 4) is 22.4 Å². The van der Waals surface area contributed by atoms with Crippen LogP contribution >= 0.6 is 0 Å². The number of pyridine rings is 1. The molecular formula is C21H21IrN. The molecule has 0 spiro atoms. The Kier molecular flexibility index (Phi) is 5.51. The quantitative estimate of drug-likeness (QED) is 0.459. The van der Waals surface area contributed by atoms with Crippen molar-refractivity contribution in [2.24, 2.45) is 0 Å². The molecule has 23 heavy (non-hydrogen) atoms. The Hall–Kier alpha value is -1.76. The van der Waals surface area contributed by atoms with Crippen LogP contribution in [-0.4, -0.2) is 4.98 Å². The van der Waals surface area contributed by atoms with Crippen molar-refractivity contribution in [1.82, 2.24) is 4.98 Å². The van der Waals surface area contributed by atoms with E-state index in [2.05, 4.69) is 86.4 Å². The van der Waals surface area contributed by atoms with Crippen molar-refractivity contribution in [2.75, 3.05) is 0 Å². The molecule has 3 aromatic rings. The van der Waals surface area contributed by atoms with E-state index < -0.39 is 0 Å². The molecule has 0 N–H and O–H groups in total. The van der Waals surface area contributed by atoms with Crippen LogP contribution in [0.2, 0.25) is 0 Å². The van der Waals surface area contributed by atoms with Gasteiger partial charge in [-0.2, -0.15) is 0 Å². The maximum absolute atomic E-state index is 4.56. The molecule has 0 saturated carbocycles. The van der Waals surface area contributed by atoms with E-state index >= 15 is 0 Å². The first-order valence-electron chi connectivity index (χ1n) is 7.66. The standard InChI is InChI=1S/C21H21N.Ir/c1-21(2,3)19-12-13-22-20(15-19)18-11-7-10-17(14-18)16-8-5-4-6-9-16;/h4-15H,1-3H3;. The zero-order chi connectivity index (χ0) is 15.6. The molecule has 1 heterocycles. The first-order valence-corrected chi connectivity index (χ1v) is 7.66. The minimum Gasteiger partial charge on any atom is -0.256 e. The van der Waals surface area contributed by atoms with Crippen LogP contribution in [0.15, 0.2) is 72.9 Å². The smallest absolute Gasteiger partial charge is 0.0705 e. The summed E-state index contributed by atoms with van der Waals surface area (Å²) in [7, 11) is 0. The first-order chi connectivity index (χ1) is 10.5. The topological polar surface area (TPSA) is 12.9 Å². The summed E-state index contributed by atoms with van der Waals surface area (Å²) in [5.41, 5.74) is 6.09. The van der Waals surface area contributed by atoms with Gasteiger partial charge < -0.3 is 0 Å². The molecule has 1 radical (unpaired) electrons. The molecule has 3 rings (SSSR count). The van der Waals surface area contributed by atoms with Gasteiger partial charge in [-0.3, -0.25) is 4.98 Å². The molecule has 1 nitrogen and oxygen atoms in total. The van der Waals surface area contributed by atoms with Crippen molar-refractivity contribution >= 4 is 0 Å². The second kappa shape index (κ2) is 7.21. The molecule has 0 amide bonds. The third-order valence-electron chi connectivity index (χ3n) is 3.89. The molecule has 0 bridgehead atoms. The average molecular weight is 480 g/mol. The first kappa shape index (κ1) is 17.6. The second-order valence-corrected chi connectivity index (χ2v) is 6.63. The molecule has 1 aromatic heterocycles. The Labute approximate surface area is 152 Å². The molecule has 0 saturated heterocycles. The minimum atomic E-state index is 0. The molecule has 0 fully saturated rings. The fourth-order valence-corrected chi connectivity index (χ4v) is 2.54. The Balaban J connectivity index is 0.00000192. The average Bonchev–Trinajstić information content (AvgIpc) is 2.55. The Morgan fingerprint density at radius 2 is 1.35 bits per heavy atom. The van der Waals surface area contributed by atoms with Crippen LogP contribution in [0.5, 0.6) is 0 Å². The van der Waals surface area contributed by atoms with Crippen LogP contribution in [0, 0.1) is 0 Å². The fraction of sp³-hybridized carbons (Fsp3) is 0.190. The molecule has 119 valence electrons. The number of hydrogen-bond acceptors (Lipinski definition) is 1. The largest absolute Gasteiger partial charge is 0.256 e. The van der Waals surface area contributed by atoms with Gasteiger partial charge in [-0.1, -0.05) is 69.3 Å². The predicted molar refractivity (Wildman–Crippen MR) is 93.8 cm³/mol. The van der Waals surface area contributed by atoms with Gasteiger partial charge in [-0.05, 0) is 40.3 Å². The van der Waals surface area contributed by atoms with E-state index in [0.717, 1.165) is 11.3 Å². The summed E-state index contributed by atoms with van der Waals surface area (Å²) >= 11 is 0. The Morgan fingerprint density at radius 1 is 0.696 bits per heavy atom. The Morgan fingerprint density at radius 3 is 2.04 bits per heavy atom. The zero-order valence-electron chi connectivity index (χ0n) is 13.7. The van der Waals surface area contributed by atoms with E-state index in [0.29, 0.717) is 0 Å². The van der Waals surface area contributed by atoms with Gasteiger partial charge in [-0.15, -0.1) is 0 Å². The van der Waals surface area contributed by atoms with Gasteiger partial charge >= 0.3 is 0 Å². The van der Waals surface area contributed by atoms with E-state index in [-0.39, 0.29) is 25.5 Å². The molecule has 0 unspecified atom stereocenters. The van der Waals surface area contributed by atoms with E-state index in [4.69, 9.17) is 0 Å². The summed E-state index contributed by atoms with van der Waals surface area (Å²) in [5.74, 6) is 0. The van der Waals surface area contributed by atoms with Crippen LogP contribution in [0.3, 0.4) is 0 Å². The number of aromatic nitrogens is 1. The predicted octanol–water partition coefficient (Wildman–Crippen LogP) is 5.71. The van der Waals surface area contributed by atoms with Crippen molar-refractivity contribution in [3.05, 3.63) is 78.5 Å². The van der Waals surface area contributed by atoms with Crippen molar-refractivity contribution in [1.29, 1.82) is 0 Å². The van der Waals surface area contributed by atoms with Crippen LogP contribution in [0.25, 0.3) is 22.4 Å². The van der Waals surface area contributed by atoms with E-state index in [9.17, 15) is 0 Å². The SMILES string of the molecule is CC(C)(C)c1ccnc(-c2cccc(-c3ccccc3)c2)c1.[Ir]. The van der Waals surface area contributed by atoms with Gasteiger partial charge in [0.1, 0.15) is 0 Å². The number of rotatable bonds is 2. The number of hydrogen-bond donors (Lipinski definition) is 0. The Bertz CT molecular complexity index is 773. The molecular weight excluding hydrogens is 458 g/mol. The monoisotopic (exact) mass is 480 g/mol. The van der Waals surface area contributed by atoms with E-state index in [1.54, 1.807) is 0 Å². The van der Waals surface area contributed by atoms with Crippen molar-refractivity contribution in [2.45, 2.75) is 26.2 Å². The fourth-order valence-electron chi connectivity index (χ4n) is 2.54. The summed E-state index contributed by atoms with van der Waals surface area (Å²) in [6.07, 6.45) is 1.91. The summed E-state index contributed by atoms with van der Waals surface area (Å²) in [6, 6.07) is 23.3. The zero-order valence-corrected chi connectivity index (χ0v) is 16.1. The van der Waals surface area contributed by atoms with E-state index in [1.165, 1.54) is 16.7 Å². The summed E-state index contributed by atoms with van der Waals surface area (Å²) in [4.78, 5) is 4.56. The van der Waals surface area contributed by atoms with Gasteiger partial charge in [0.05, 0.1) is 5.69 Å². The maximum Gasteiger partial charge on any atom is 0.0705 e. The van der Waals surface area contributed by atoms with Gasteiger partial charge in [-0.25, -0.2) is 0 Å². The van der Waals surface area contributed by atoms with Crippen LogP contribution in [0.4, 0.5) is 0 Å².